The van der Waals surface area contributed by atoms with Gasteiger partial charge in [-0.2, -0.15) is 0 Å². The van der Waals surface area contributed by atoms with Crippen LogP contribution in [-0.2, 0) is 113 Å². The van der Waals surface area contributed by atoms with Crippen molar-refractivity contribution in [1.29, 1.82) is 0 Å². The van der Waals surface area contributed by atoms with Crippen molar-refractivity contribution in [3.63, 3.8) is 0 Å². The zero-order chi connectivity index (χ0) is 103. The molecule has 0 spiro atoms. The number of carbonyl (C=O) groups excluding carboxylic acids is 11. The van der Waals surface area contributed by atoms with Crippen LogP contribution in [0.25, 0.3) is 0 Å². The van der Waals surface area contributed by atoms with Gasteiger partial charge in [0.2, 0.25) is 29.5 Å². The van der Waals surface area contributed by atoms with Crippen molar-refractivity contribution in [1.82, 2.24) is 10.6 Å². The first-order valence-corrected chi connectivity index (χ1v) is 48.9. The average molecular weight is 2040 g/mol. The molecule has 12 N–H and O–H groups in total. The van der Waals surface area contributed by atoms with E-state index in [2.05, 4.69) is 50.8 Å². The van der Waals surface area contributed by atoms with Crippen molar-refractivity contribution in [2.75, 3.05) is 0 Å². The number of amides is 5. The van der Waals surface area contributed by atoms with E-state index >= 15 is 0 Å². The third-order valence-corrected chi connectivity index (χ3v) is 25.7. The number of nitrogens with one attached hydrogen (secondary N) is 2. The van der Waals surface area contributed by atoms with Gasteiger partial charge in [0.05, 0.1) is 24.4 Å². The van der Waals surface area contributed by atoms with E-state index in [1.807, 2.05) is 139 Å². The summed E-state index contributed by atoms with van der Waals surface area (Å²) in [4.78, 5) is 139. The van der Waals surface area contributed by atoms with Gasteiger partial charge in [0.25, 0.3) is 0 Å². The first-order chi connectivity index (χ1) is 66.4. The van der Waals surface area contributed by atoms with Crippen LogP contribution in [0.15, 0.2) is 194 Å². The van der Waals surface area contributed by atoms with Gasteiger partial charge in [-0.1, -0.05) is 238 Å². The summed E-state index contributed by atoms with van der Waals surface area (Å²) in [5, 5.41) is 33.8. The number of nitrogens with two attached hydrogens (primary N) is 4. The fraction of sp³-hybridized carbons (Fsp3) is 0.455. The Balaban J connectivity index is 0.000000261. The molecule has 0 aromatic heterocycles. The summed E-state index contributed by atoms with van der Waals surface area (Å²) in [6.07, 6.45) is 19.3. The number of alkyl halides is 1. The van der Waals surface area contributed by atoms with Crippen LogP contribution in [0.5, 0.6) is 0 Å². The van der Waals surface area contributed by atoms with Crippen LogP contribution in [0.2, 0.25) is 0 Å². The zero-order valence-corrected chi connectivity index (χ0v) is 87.4. The molecule has 13 atom stereocenters. The third-order valence-electron chi connectivity index (χ3n) is 25.0. The summed E-state index contributed by atoms with van der Waals surface area (Å²) in [6.45, 7) is 17.4. The molecule has 8 aromatic rings. The Morgan fingerprint density at radius 3 is 0.844 bits per heavy atom. The minimum absolute atomic E-state index is 0. The largest absolute Gasteiger partial charge is 1.00 e. The van der Waals surface area contributed by atoms with E-state index in [1.54, 1.807) is 0 Å². The fourth-order valence-electron chi connectivity index (χ4n) is 18.0. The maximum absolute atomic E-state index is 13.2. The molecule has 141 heavy (non-hydrogen) atoms. The number of rotatable bonds is 26. The van der Waals surface area contributed by atoms with Crippen LogP contribution in [0.3, 0.4) is 0 Å². The Morgan fingerprint density at radius 2 is 0.603 bits per heavy atom. The van der Waals surface area contributed by atoms with E-state index in [1.165, 1.54) is 111 Å². The molecule has 31 heteroatoms. The molecule has 26 nitrogen and oxygen atoms in total. The van der Waals surface area contributed by atoms with Gasteiger partial charge in [0.15, 0.2) is 0 Å². The second kappa shape index (κ2) is 60.0. The molecule has 0 bridgehead atoms. The van der Waals surface area contributed by atoms with Crippen molar-refractivity contribution in [2.24, 2.45) is 52.5 Å². The van der Waals surface area contributed by atoms with Crippen LogP contribution in [0.4, 0.5) is 13.2 Å². The Kier molecular flexibility index (Phi) is 50.6. The normalized spacial score (nSPS) is 19.7. The fourth-order valence-corrected chi connectivity index (χ4v) is 18.4. The molecule has 0 saturated heterocycles. The van der Waals surface area contributed by atoms with Crippen LogP contribution in [0.1, 0.15) is 318 Å². The van der Waals surface area contributed by atoms with Gasteiger partial charge >= 0.3 is 87.2 Å². The molecule has 5 amide bonds. The van der Waals surface area contributed by atoms with Gasteiger partial charge < -0.3 is 77.4 Å². The number of ether oxygens (including phenoxy) is 5. The molecule has 8 aromatic carbocycles. The number of halogens is 4. The molecule has 0 aliphatic heterocycles. The summed E-state index contributed by atoms with van der Waals surface area (Å²) in [7, 11) is 0. The standard InChI is InChI=1S/C24H27FN2O4.C22H25FN2O3.C20H28O4.C18H25BrO2.C16H20O4.C8H9FN2O.C2H4O2.K/c1-15(28)31-14-16-6-8-17(9-7-16)20-4-2-3-5-21(20)24(30)27-22(23(26)29)18-10-12-19(25)13-11-18;23-17-11-9-16(10-12-17)20(21(24)27)25-22(28)19-4-2-1-3-18(19)15-7-5-14(13-26)6-8-15;1-14(21)23-13-15-9-11-16(12-10-15)17-7-5-6-8-18(17)19(22)24-20(2,3)4;1-18(2,3)21-17(20)16-7-5-4-6-15(16)14-10-8-13(12-19)9-11-14;1-11(17)20-10-12-6-8-13(9-7-12)14-4-2-3-5-15(14)16(18)19;9-6-3-1-5(2-4-6)7(10)8(11)12;1-2(3)4;/h6-13,20-22H,2-5,14H2,1H3,(H2,26,29)(H,27,30);5-12,18-20,26H,1-4,13H2,(H2,24,27)(H,25,28);9-12,17-18H,5-8,13H2,1-4H3;8-11,15-16H,4-7,12H2,1-3H3;6-9,14-15H,2-5,10H2,1H3,(H,18,19);1-4,7H,10H2,(H2,11,12);1H3,(H,3,4);/q;;;;;;;+1/p-1/t20-,21+,22-;18-,19+,20-;17-,18+;15-,16+;14-,15+;7-;;/m000000../s1. The number of benzene rings is 8. The Hall–Kier alpha value is -10.8. The van der Waals surface area contributed by atoms with E-state index in [4.69, 9.17) is 56.5 Å². The SMILES string of the molecule is CC(=O)OCc1ccc([C@@H]2CCCC[C@H]2C(=O)N[C@H](C(N)=O)c2ccc(F)cc2)cc1.CC(=O)OCc1ccc([C@@H]2CCCC[C@H]2C(=O)O)cc1.CC(=O)OCc1ccc([C@@H]2CCCC[C@H]2C(=O)OC(C)(C)C)cc1.CC(=O)[O-].CC(C)(C)OC(=O)[C@@H]1CCCC[C@H]1c1ccc(CBr)cc1.NC(=O)[C@@H](N)c1ccc(F)cc1.NC(=O)[C@@H](NC(=O)[C@@H]1CCCC[C@H]1c1ccc(CO)cc1)c1ccc(F)cc1.[K+]. The van der Waals surface area contributed by atoms with Gasteiger partial charge in [0, 0.05) is 43.9 Å². The molecule has 0 heterocycles. The smallest absolute Gasteiger partial charge is 0.550 e. The molecule has 0 unspecified atom stereocenters. The monoisotopic (exact) mass is 2040 g/mol. The molecular formula is C110H137BrF3KN6O20. The van der Waals surface area contributed by atoms with E-state index in [9.17, 15) is 76.1 Å². The Morgan fingerprint density at radius 1 is 0.369 bits per heavy atom. The van der Waals surface area contributed by atoms with E-state index in [0.717, 1.165) is 172 Å². The molecule has 13 rings (SSSR count). The molecule has 5 aliphatic carbocycles. The van der Waals surface area contributed by atoms with Crippen LogP contribution < -0.4 is 90.1 Å². The summed E-state index contributed by atoms with van der Waals surface area (Å²) in [5.41, 5.74) is 32.4. The number of carbonyl (C=O) groups is 12. The molecular weight excluding hydrogens is 1900 g/mol. The first kappa shape index (κ1) is 119. The number of esters is 5. The molecule has 5 saturated carbocycles. The van der Waals surface area contributed by atoms with Crippen molar-refractivity contribution >= 4 is 87.3 Å². The summed E-state index contributed by atoms with van der Waals surface area (Å²) < 4.78 is 65.0. The van der Waals surface area contributed by atoms with Crippen LogP contribution in [0, 0.1) is 47.0 Å². The molecule has 756 valence electrons. The Labute approximate surface area is 876 Å². The number of carboxylic acids is 2. The summed E-state index contributed by atoms with van der Waals surface area (Å²) in [6, 6.07) is 53.0. The van der Waals surface area contributed by atoms with E-state index < -0.39 is 70.6 Å². The Bertz CT molecular complexity index is 5320. The minimum Gasteiger partial charge on any atom is -0.550 e. The zero-order valence-electron chi connectivity index (χ0n) is 82.7. The minimum atomic E-state index is -1.08. The first-order valence-electron chi connectivity index (χ1n) is 47.8. The number of aliphatic hydroxyl groups is 1. The van der Waals surface area contributed by atoms with E-state index in [0.29, 0.717) is 29.0 Å². The quantitative estimate of drug-likeness (QED) is 0.0108. The van der Waals surface area contributed by atoms with Crippen LogP contribution in [-0.4, -0.2) is 92.7 Å². The van der Waals surface area contributed by atoms with Gasteiger partial charge in [-0.3, -0.25) is 52.7 Å². The van der Waals surface area contributed by atoms with Gasteiger partial charge in [-0.05, 0) is 251 Å². The number of carboxylic acid groups (broad SMARTS) is 2. The van der Waals surface area contributed by atoms with Crippen molar-refractivity contribution in [3.8, 4) is 0 Å². The maximum atomic E-state index is 13.2. The van der Waals surface area contributed by atoms with Crippen molar-refractivity contribution in [3.05, 3.63) is 284 Å². The van der Waals surface area contributed by atoms with E-state index in [-0.39, 0.29) is 179 Å². The second-order valence-electron chi connectivity index (χ2n) is 37.9. The molecule has 5 aliphatic rings. The average Bonchev–Trinajstić information content (AvgIpc) is 0.825. The number of hydrogen-bond donors (Lipinski definition) is 8. The van der Waals surface area contributed by atoms with Gasteiger partial charge in [-0.15, -0.1) is 0 Å². The predicted octanol–water partition coefficient (Wildman–Crippen LogP) is 15.2. The van der Waals surface area contributed by atoms with Crippen LogP contribution >= 0.6 is 15.9 Å². The number of aliphatic hydroxyl groups excluding tert-OH is 1. The van der Waals surface area contributed by atoms with Gasteiger partial charge in [0.1, 0.15) is 66.6 Å². The number of hydrogen-bond acceptors (Lipinski definition) is 20. The topological polar surface area (TPSA) is 443 Å². The number of aliphatic carboxylic acids is 2. The van der Waals surface area contributed by atoms with Crippen molar-refractivity contribution in [2.45, 2.75) is 288 Å². The molecule has 5 fully saturated rings. The summed E-state index contributed by atoms with van der Waals surface area (Å²) in [5.74, 6) is -6.71. The third kappa shape index (κ3) is 41.2. The van der Waals surface area contributed by atoms with Crippen molar-refractivity contribution < 1.29 is 161 Å². The van der Waals surface area contributed by atoms with Gasteiger partial charge in [-0.25, -0.2) is 13.2 Å². The summed E-state index contributed by atoms with van der Waals surface area (Å²) >= 11 is 3.47. The maximum Gasteiger partial charge on any atom is 1.00 e. The number of primary amides is 3. The predicted molar refractivity (Wildman–Crippen MR) is 526 cm³/mol. The molecule has 0 radical (unpaired) electrons. The second-order valence-corrected chi connectivity index (χ2v) is 38.5.